The van der Waals surface area contributed by atoms with Crippen molar-refractivity contribution in [2.24, 2.45) is 5.92 Å². The van der Waals surface area contributed by atoms with Gasteiger partial charge in [-0.15, -0.1) is 0 Å². The summed E-state index contributed by atoms with van der Waals surface area (Å²) >= 11 is 0. The van der Waals surface area contributed by atoms with Crippen LogP contribution in [-0.2, 0) is 6.42 Å². The summed E-state index contributed by atoms with van der Waals surface area (Å²) in [6.45, 7) is 2.30. The van der Waals surface area contributed by atoms with Crippen LogP contribution in [0.4, 0.5) is 0 Å². The molecule has 2 heterocycles. The molecule has 1 aliphatic heterocycles. The molecule has 18 heavy (non-hydrogen) atoms. The van der Waals surface area contributed by atoms with E-state index >= 15 is 0 Å². The molecule has 0 spiro atoms. The minimum Gasteiger partial charge on any atom is -0.496 e. The predicted octanol–water partition coefficient (Wildman–Crippen LogP) is 2.72. The first-order valence-electron chi connectivity index (χ1n) is 6.72. The fourth-order valence-corrected chi connectivity index (χ4v) is 2.96. The van der Waals surface area contributed by atoms with Gasteiger partial charge in [0.1, 0.15) is 5.75 Å². The molecule has 0 saturated carbocycles. The molecule has 2 aromatic rings. The van der Waals surface area contributed by atoms with Crippen molar-refractivity contribution in [1.29, 1.82) is 0 Å². The summed E-state index contributed by atoms with van der Waals surface area (Å²) in [5.41, 5.74) is 2.56. The highest BCUT2D eigenvalue weighted by atomic mass is 16.5. The molecular formula is C15H20N2O. The summed E-state index contributed by atoms with van der Waals surface area (Å²) in [6, 6.07) is 6.32. The third kappa shape index (κ3) is 2.10. The predicted molar refractivity (Wildman–Crippen MR) is 74.1 cm³/mol. The quantitative estimate of drug-likeness (QED) is 0.871. The van der Waals surface area contributed by atoms with Gasteiger partial charge in [0.2, 0.25) is 0 Å². The number of hydrogen-bond acceptors (Lipinski definition) is 2. The van der Waals surface area contributed by atoms with Gasteiger partial charge in [-0.1, -0.05) is 0 Å². The highest BCUT2D eigenvalue weighted by molar-refractivity contribution is 5.85. The van der Waals surface area contributed by atoms with Crippen molar-refractivity contribution in [3.05, 3.63) is 30.0 Å². The zero-order valence-electron chi connectivity index (χ0n) is 10.8. The Kier molecular flexibility index (Phi) is 3.24. The number of hydrogen-bond donors (Lipinski definition) is 2. The van der Waals surface area contributed by atoms with Gasteiger partial charge in [0.25, 0.3) is 0 Å². The number of methoxy groups -OCH3 is 1. The number of benzene rings is 1. The lowest BCUT2D eigenvalue weighted by molar-refractivity contribution is 0.365. The van der Waals surface area contributed by atoms with Crippen molar-refractivity contribution in [1.82, 2.24) is 10.3 Å². The first-order chi connectivity index (χ1) is 8.88. The van der Waals surface area contributed by atoms with E-state index in [-0.39, 0.29) is 0 Å². The number of H-pyrrole nitrogens is 1. The molecule has 1 unspecified atom stereocenters. The second-order valence-electron chi connectivity index (χ2n) is 5.10. The zero-order valence-corrected chi connectivity index (χ0v) is 10.8. The number of piperidine rings is 1. The van der Waals surface area contributed by atoms with Crippen LogP contribution in [-0.4, -0.2) is 25.2 Å². The van der Waals surface area contributed by atoms with Gasteiger partial charge in [0.05, 0.1) is 7.11 Å². The van der Waals surface area contributed by atoms with Gasteiger partial charge in [-0.05, 0) is 56.5 Å². The lowest BCUT2D eigenvalue weighted by atomic mass is 9.90. The van der Waals surface area contributed by atoms with E-state index in [1.165, 1.54) is 35.9 Å². The largest absolute Gasteiger partial charge is 0.496 e. The summed E-state index contributed by atoms with van der Waals surface area (Å²) in [6.07, 6.45) is 5.71. The van der Waals surface area contributed by atoms with E-state index in [4.69, 9.17) is 4.74 Å². The third-order valence-electron chi connectivity index (χ3n) is 3.91. The molecule has 96 valence electrons. The van der Waals surface area contributed by atoms with Crippen LogP contribution >= 0.6 is 0 Å². The van der Waals surface area contributed by atoms with Crippen LogP contribution < -0.4 is 10.1 Å². The van der Waals surface area contributed by atoms with Crippen molar-refractivity contribution < 1.29 is 4.74 Å². The summed E-state index contributed by atoms with van der Waals surface area (Å²) in [7, 11) is 1.76. The van der Waals surface area contributed by atoms with E-state index in [0.29, 0.717) is 0 Å². The third-order valence-corrected chi connectivity index (χ3v) is 3.91. The Morgan fingerprint density at radius 3 is 3.06 bits per heavy atom. The Morgan fingerprint density at radius 2 is 2.28 bits per heavy atom. The van der Waals surface area contributed by atoms with Crippen LogP contribution in [0.5, 0.6) is 5.75 Å². The van der Waals surface area contributed by atoms with Crippen molar-refractivity contribution in [3.8, 4) is 5.75 Å². The summed E-state index contributed by atoms with van der Waals surface area (Å²) < 4.78 is 5.53. The molecule has 1 aromatic carbocycles. The summed E-state index contributed by atoms with van der Waals surface area (Å²) in [5.74, 6) is 1.75. The SMILES string of the molecule is COc1ccc2[nH]ccc2c1CC1CCCNC1. The van der Waals surface area contributed by atoms with Gasteiger partial charge in [-0.3, -0.25) is 0 Å². The molecule has 3 heteroatoms. The van der Waals surface area contributed by atoms with Crippen LogP contribution in [0.1, 0.15) is 18.4 Å². The van der Waals surface area contributed by atoms with E-state index in [1.54, 1.807) is 7.11 Å². The fraction of sp³-hybridized carbons (Fsp3) is 0.467. The fourth-order valence-electron chi connectivity index (χ4n) is 2.96. The molecule has 1 fully saturated rings. The molecular weight excluding hydrogens is 224 g/mol. The van der Waals surface area contributed by atoms with Gasteiger partial charge in [-0.25, -0.2) is 0 Å². The van der Waals surface area contributed by atoms with E-state index < -0.39 is 0 Å². The van der Waals surface area contributed by atoms with E-state index in [1.807, 2.05) is 6.20 Å². The average molecular weight is 244 g/mol. The van der Waals surface area contributed by atoms with Crippen molar-refractivity contribution in [3.63, 3.8) is 0 Å². The number of aromatic nitrogens is 1. The van der Waals surface area contributed by atoms with Crippen molar-refractivity contribution >= 4 is 10.9 Å². The summed E-state index contributed by atoms with van der Waals surface area (Å²) in [5, 5.41) is 4.79. The Balaban J connectivity index is 1.94. The van der Waals surface area contributed by atoms with Crippen LogP contribution in [0.25, 0.3) is 10.9 Å². The number of rotatable bonds is 3. The first kappa shape index (κ1) is 11.6. The number of nitrogens with one attached hydrogen (secondary N) is 2. The Hall–Kier alpha value is -1.48. The molecule has 0 aliphatic carbocycles. The highest BCUT2D eigenvalue weighted by Crippen LogP contribution is 2.31. The van der Waals surface area contributed by atoms with E-state index in [9.17, 15) is 0 Å². The zero-order chi connectivity index (χ0) is 12.4. The average Bonchev–Trinajstić information content (AvgIpc) is 2.89. The van der Waals surface area contributed by atoms with Crippen LogP contribution in [0.15, 0.2) is 24.4 Å². The van der Waals surface area contributed by atoms with Gasteiger partial charge in [0.15, 0.2) is 0 Å². The van der Waals surface area contributed by atoms with Crippen LogP contribution in [0.3, 0.4) is 0 Å². The molecule has 0 bridgehead atoms. The first-order valence-corrected chi connectivity index (χ1v) is 6.72. The van der Waals surface area contributed by atoms with Gasteiger partial charge >= 0.3 is 0 Å². The van der Waals surface area contributed by atoms with Gasteiger partial charge in [0, 0.05) is 22.7 Å². The van der Waals surface area contributed by atoms with Crippen LogP contribution in [0.2, 0.25) is 0 Å². The highest BCUT2D eigenvalue weighted by Gasteiger charge is 2.17. The number of ether oxygens (including phenoxy) is 1. The van der Waals surface area contributed by atoms with Gasteiger partial charge < -0.3 is 15.0 Å². The van der Waals surface area contributed by atoms with E-state index in [2.05, 4.69) is 28.5 Å². The molecule has 2 N–H and O–H groups in total. The number of fused-ring (bicyclic) bond motifs is 1. The maximum absolute atomic E-state index is 5.53. The second-order valence-corrected chi connectivity index (χ2v) is 5.10. The molecule has 1 atom stereocenters. The maximum Gasteiger partial charge on any atom is 0.122 e. The summed E-state index contributed by atoms with van der Waals surface area (Å²) in [4.78, 5) is 3.28. The minimum absolute atomic E-state index is 0.730. The molecule has 1 aliphatic rings. The normalized spacial score (nSPS) is 20.2. The standard InChI is InChI=1S/C15H20N2O/c1-18-15-5-4-14-12(6-8-17-14)13(15)9-11-3-2-7-16-10-11/h4-6,8,11,16-17H,2-3,7,9-10H2,1H3. The lowest BCUT2D eigenvalue weighted by Gasteiger charge is -2.23. The van der Waals surface area contributed by atoms with Gasteiger partial charge in [-0.2, -0.15) is 0 Å². The monoisotopic (exact) mass is 244 g/mol. The molecule has 3 rings (SSSR count). The van der Waals surface area contributed by atoms with Crippen molar-refractivity contribution in [2.75, 3.05) is 20.2 Å². The Labute approximate surface area is 108 Å². The smallest absolute Gasteiger partial charge is 0.122 e. The topological polar surface area (TPSA) is 37.0 Å². The van der Waals surface area contributed by atoms with Crippen LogP contribution in [0, 0.1) is 5.92 Å². The maximum atomic E-state index is 5.53. The molecule has 0 amide bonds. The minimum atomic E-state index is 0.730. The molecule has 3 nitrogen and oxygen atoms in total. The number of aromatic amines is 1. The second kappa shape index (κ2) is 5.02. The molecule has 1 saturated heterocycles. The van der Waals surface area contributed by atoms with E-state index in [0.717, 1.165) is 24.6 Å². The van der Waals surface area contributed by atoms with Crippen molar-refractivity contribution in [2.45, 2.75) is 19.3 Å². The lowest BCUT2D eigenvalue weighted by Crippen LogP contribution is -2.30. The molecule has 1 aromatic heterocycles. The molecule has 0 radical (unpaired) electrons. The Morgan fingerprint density at radius 1 is 1.33 bits per heavy atom. The Bertz CT molecular complexity index is 526.